The van der Waals surface area contributed by atoms with E-state index in [1.165, 1.54) is 25.3 Å². The summed E-state index contributed by atoms with van der Waals surface area (Å²) in [5.74, 6) is 2.51. The number of carbonyl (C=O) groups is 2. The molecule has 0 aromatic carbocycles. The predicted molar refractivity (Wildman–Crippen MR) is 367 cm³/mol. The van der Waals surface area contributed by atoms with Gasteiger partial charge in [-0.25, -0.2) is 39.9 Å². The number of aromatic nitrogens is 20. The molecular weight excluding hydrogens is 1260 g/mol. The number of nitrogens with two attached hydrogens (primary N) is 4. The summed E-state index contributed by atoms with van der Waals surface area (Å²) in [5.41, 5.74) is 33.4. The second kappa shape index (κ2) is 28.9. The number of rotatable bonds is 16. The molecule has 14 N–H and O–H groups in total. The third-order valence-corrected chi connectivity index (χ3v) is 19.8. The molecule has 6 unspecified atom stereocenters. The Labute approximate surface area is 566 Å². The first-order chi connectivity index (χ1) is 48.2. The standard InChI is InChI=1S/C17H19N7O.C17H17N7O.C17H19N7O.C17H20N6O/c2*18-5-3-14(10-1-2-11(25)7-10)24-8-13(16(19)23-24)15-12-4-6-20-17(12)22-9-21-15;18-6-4-13(10-2-1-3-14(10)25)24-8-12(16(19)23-24)15-11-5-7-20-17(11)22-9-21-15;1-2-13(10-4-3-5-14(10)24)23-8-12(16(18)22-23)15-11-6-7-19-17(11)21-9-20-15/h4,6,8-11,14,25H,1-3,7H2,(H2,19,23)(H,20,21,22);4,6,8-10,14H,1-3,7H2,(H2,19,23)(H,20,21,22);5,7-10,13-14,25H,1-4H2,(H2,19,23)(H,20,21,22);6-10,13H,2-5H2,1H3,(H2,18,22)(H,19,20,21)/t10?,11?,14-;10?,14-;10?,13-,14?;10?,13-/m1111/s1. The maximum absolute atomic E-state index is 12.2. The number of nitriles is 3. The van der Waals surface area contributed by atoms with Gasteiger partial charge in [0, 0.05) is 102 Å². The van der Waals surface area contributed by atoms with Crippen LogP contribution in [0.2, 0.25) is 0 Å². The molecule has 0 bridgehead atoms. The number of hydrogen-bond acceptors (Lipinski definition) is 23. The van der Waals surface area contributed by atoms with Gasteiger partial charge in [-0.15, -0.1) is 0 Å². The molecule has 0 radical (unpaired) electrons. The summed E-state index contributed by atoms with van der Waals surface area (Å²) < 4.78 is 7.10. The van der Waals surface area contributed by atoms with Crippen molar-refractivity contribution in [1.82, 2.24) is 98.9 Å². The van der Waals surface area contributed by atoms with E-state index in [-0.39, 0.29) is 66.1 Å². The van der Waals surface area contributed by atoms with Gasteiger partial charge in [-0.3, -0.25) is 28.3 Å². The van der Waals surface area contributed by atoms with Crippen LogP contribution in [-0.2, 0) is 9.59 Å². The fraction of sp³-hybridized carbons (Fsp3) is 0.397. The van der Waals surface area contributed by atoms with Gasteiger partial charge in [-0.1, -0.05) is 13.3 Å². The van der Waals surface area contributed by atoms with Crippen LogP contribution < -0.4 is 22.9 Å². The highest BCUT2D eigenvalue weighted by Crippen LogP contribution is 2.43. The number of carbonyl (C=O) groups excluding carboxylic acids is 2. The molecule has 0 amide bonds. The summed E-state index contributed by atoms with van der Waals surface area (Å²) in [4.78, 5) is 70.3. The molecular formula is C68H75N27O4. The third kappa shape index (κ3) is 13.5. The van der Waals surface area contributed by atoms with E-state index >= 15 is 0 Å². The minimum Gasteiger partial charge on any atom is -0.393 e. The first-order valence-electron chi connectivity index (χ1n) is 33.3. The molecule has 0 spiro atoms. The summed E-state index contributed by atoms with van der Waals surface area (Å²) in [5, 5.41) is 69.1. The number of fused-ring (bicyclic) bond motifs is 4. The number of Topliss-reactive ketones (excluding diaryl/α,β-unsaturated/α-hetero) is 2. The number of nitrogens with one attached hydrogen (secondary N) is 4. The summed E-state index contributed by atoms with van der Waals surface area (Å²) in [6, 6.07) is 13.9. The Balaban J connectivity index is 0.000000119. The zero-order chi connectivity index (χ0) is 68.8. The average molecular weight is 1330 g/mol. The minimum atomic E-state index is -0.400. The van der Waals surface area contributed by atoms with Crippen molar-refractivity contribution in [3.8, 4) is 63.2 Å². The van der Waals surface area contributed by atoms with E-state index in [4.69, 9.17) is 22.9 Å². The van der Waals surface area contributed by atoms with Crippen LogP contribution in [-0.4, -0.2) is 133 Å². The van der Waals surface area contributed by atoms with Crippen molar-refractivity contribution in [3.63, 3.8) is 0 Å². The van der Waals surface area contributed by atoms with Gasteiger partial charge >= 0.3 is 0 Å². The highest BCUT2D eigenvalue weighted by molar-refractivity contribution is 5.96. The molecule has 0 saturated heterocycles. The number of hydrogen-bond donors (Lipinski definition) is 10. The SMILES string of the molecule is CC[C@H](C1CCCC1=O)n1cc(-c2ncnc3[nH]ccc23)c(N)n1.N#CC[C@H](C1CCC(=O)C1)n1cc(-c2ncnc3[nH]ccc23)c(N)n1.N#CC[C@H](C1CCC(O)C1)n1cc(-c2ncnc3[nH]ccc23)c(N)n1.N#CC[C@H](C1CCCC1O)n1cc(-c2ncnc3[nH]ccc23)c(N)n1. The molecule has 506 valence electrons. The lowest BCUT2D eigenvalue weighted by atomic mass is 9.94. The molecule has 12 heterocycles. The van der Waals surface area contributed by atoms with E-state index in [9.17, 15) is 35.6 Å². The molecule has 4 aliphatic rings. The predicted octanol–water partition coefficient (Wildman–Crippen LogP) is 8.99. The van der Waals surface area contributed by atoms with E-state index in [1.54, 1.807) is 26.4 Å². The summed E-state index contributed by atoms with van der Waals surface area (Å²) in [6.45, 7) is 2.09. The average Bonchev–Trinajstić information content (AvgIpc) is 1.66. The first kappa shape index (κ1) is 65.9. The normalized spacial score (nSPS) is 20.2. The van der Waals surface area contributed by atoms with Gasteiger partial charge in [0.25, 0.3) is 0 Å². The Hall–Kier alpha value is -11.8. The molecule has 99 heavy (non-hydrogen) atoms. The van der Waals surface area contributed by atoms with Gasteiger partial charge < -0.3 is 53.1 Å². The number of aromatic amines is 4. The van der Waals surface area contributed by atoms with Gasteiger partial charge in [-0.2, -0.15) is 36.2 Å². The fourth-order valence-corrected chi connectivity index (χ4v) is 14.9. The van der Waals surface area contributed by atoms with Crippen molar-refractivity contribution < 1.29 is 19.8 Å². The number of nitrogens with zero attached hydrogens (tertiary/aromatic N) is 19. The van der Waals surface area contributed by atoms with E-state index in [0.717, 1.165) is 124 Å². The molecule has 10 atom stereocenters. The van der Waals surface area contributed by atoms with E-state index in [0.29, 0.717) is 90.1 Å². The number of aliphatic hydroxyl groups is 2. The highest BCUT2D eigenvalue weighted by atomic mass is 16.3. The Bertz CT molecular complexity index is 4990. The zero-order valence-electron chi connectivity index (χ0n) is 54.3. The second-order valence-corrected chi connectivity index (χ2v) is 25.6. The Morgan fingerprint density at radius 3 is 1.24 bits per heavy atom. The zero-order valence-corrected chi connectivity index (χ0v) is 54.3. The van der Waals surface area contributed by atoms with Crippen LogP contribution in [0.1, 0.15) is 134 Å². The quantitative estimate of drug-likeness (QED) is 0.0431. The van der Waals surface area contributed by atoms with Crippen LogP contribution in [0.4, 0.5) is 23.3 Å². The highest BCUT2D eigenvalue weighted by Gasteiger charge is 2.37. The van der Waals surface area contributed by atoms with Crippen molar-refractivity contribution in [2.75, 3.05) is 22.9 Å². The largest absolute Gasteiger partial charge is 0.393 e. The summed E-state index contributed by atoms with van der Waals surface area (Å²) in [7, 11) is 0. The van der Waals surface area contributed by atoms with Gasteiger partial charge in [0.1, 0.15) is 59.5 Å². The lowest BCUT2D eigenvalue weighted by Crippen LogP contribution is -2.26. The molecule has 31 nitrogen and oxygen atoms in total. The maximum atomic E-state index is 12.2. The molecule has 31 heteroatoms. The molecule has 12 aromatic rings. The van der Waals surface area contributed by atoms with Crippen molar-refractivity contribution in [2.24, 2.45) is 23.7 Å². The fourth-order valence-electron chi connectivity index (χ4n) is 14.9. The number of nitrogen functional groups attached to an aromatic ring is 4. The van der Waals surface area contributed by atoms with Crippen molar-refractivity contribution in [2.45, 2.75) is 146 Å². The monoisotopic (exact) mass is 1330 g/mol. The number of aliphatic hydroxyl groups excluding tert-OH is 2. The van der Waals surface area contributed by atoms with E-state index < -0.39 is 6.10 Å². The third-order valence-electron chi connectivity index (χ3n) is 19.8. The molecule has 4 aliphatic carbocycles. The van der Waals surface area contributed by atoms with Crippen LogP contribution in [0.25, 0.3) is 89.2 Å². The molecule has 4 fully saturated rings. The molecule has 12 aromatic heterocycles. The van der Waals surface area contributed by atoms with E-state index in [2.05, 4.69) is 105 Å². The lowest BCUT2D eigenvalue weighted by molar-refractivity contribution is -0.122. The molecule has 4 saturated carbocycles. The Morgan fingerprint density at radius 1 is 0.495 bits per heavy atom. The van der Waals surface area contributed by atoms with Gasteiger partial charge in [-0.05, 0) is 93.9 Å². The van der Waals surface area contributed by atoms with Crippen molar-refractivity contribution in [1.29, 1.82) is 15.8 Å². The minimum absolute atomic E-state index is 0.0180. The summed E-state index contributed by atoms with van der Waals surface area (Å²) >= 11 is 0. The van der Waals surface area contributed by atoms with Crippen molar-refractivity contribution in [3.05, 3.63) is 99.1 Å². The van der Waals surface area contributed by atoms with Crippen LogP contribution in [0, 0.1) is 57.7 Å². The van der Waals surface area contributed by atoms with Crippen LogP contribution in [0.3, 0.4) is 0 Å². The Morgan fingerprint density at radius 2 is 0.899 bits per heavy atom. The second-order valence-electron chi connectivity index (χ2n) is 25.6. The molecule has 0 aliphatic heterocycles. The number of ketones is 2. The van der Waals surface area contributed by atoms with Gasteiger partial charge in [0.15, 0.2) is 23.3 Å². The van der Waals surface area contributed by atoms with Crippen LogP contribution >= 0.6 is 0 Å². The Kier molecular flexibility index (Phi) is 19.2. The number of anilines is 4. The van der Waals surface area contributed by atoms with Crippen LogP contribution in [0.5, 0.6) is 0 Å². The topological polar surface area (TPSA) is 488 Å². The summed E-state index contributed by atoms with van der Waals surface area (Å²) in [6.07, 6.45) is 31.1. The van der Waals surface area contributed by atoms with Gasteiger partial charge in [0.05, 0.1) is 119 Å². The number of H-pyrrole nitrogens is 4. The van der Waals surface area contributed by atoms with Gasteiger partial charge in [0.2, 0.25) is 0 Å². The van der Waals surface area contributed by atoms with Crippen LogP contribution in [0.15, 0.2) is 99.1 Å². The smallest absolute Gasteiger partial charge is 0.154 e. The van der Waals surface area contributed by atoms with Crippen molar-refractivity contribution >= 4 is 79.0 Å². The first-order valence-corrected chi connectivity index (χ1v) is 33.3. The maximum Gasteiger partial charge on any atom is 0.154 e. The van der Waals surface area contributed by atoms with E-state index in [1.807, 2.05) is 66.1 Å². The lowest BCUT2D eigenvalue weighted by Gasteiger charge is -2.24. The molecule has 16 rings (SSSR count).